The van der Waals surface area contributed by atoms with Crippen molar-refractivity contribution in [2.24, 2.45) is 0 Å². The van der Waals surface area contributed by atoms with Crippen LogP contribution in [0.15, 0.2) is 42.5 Å². The number of aromatic nitrogens is 1. The highest BCUT2D eigenvalue weighted by atomic mass is 32.1. The summed E-state index contributed by atoms with van der Waals surface area (Å²) in [6.45, 7) is 1.78. The molecule has 0 bridgehead atoms. The maximum atomic E-state index is 13.0. The average molecular weight is 426 g/mol. The molecule has 0 N–H and O–H groups in total. The molecule has 0 radical (unpaired) electrons. The molecule has 1 saturated heterocycles. The van der Waals surface area contributed by atoms with Crippen molar-refractivity contribution in [2.75, 3.05) is 34.4 Å². The predicted octanol–water partition coefficient (Wildman–Crippen LogP) is 4.11. The molecule has 2 aromatic carbocycles. The van der Waals surface area contributed by atoms with Crippen molar-refractivity contribution < 1.29 is 14.3 Å². The minimum Gasteiger partial charge on any atom is -0.493 e. The highest BCUT2D eigenvalue weighted by Crippen LogP contribution is 2.36. The van der Waals surface area contributed by atoms with Crippen molar-refractivity contribution in [1.82, 2.24) is 14.8 Å². The summed E-state index contributed by atoms with van der Waals surface area (Å²) in [4.78, 5) is 21.8. The van der Waals surface area contributed by atoms with E-state index >= 15 is 0 Å². The molecule has 1 amide bonds. The predicted molar refractivity (Wildman–Crippen MR) is 119 cm³/mol. The van der Waals surface area contributed by atoms with Gasteiger partial charge in [-0.1, -0.05) is 24.3 Å². The van der Waals surface area contributed by atoms with E-state index in [1.54, 1.807) is 30.5 Å². The van der Waals surface area contributed by atoms with Gasteiger partial charge in [0, 0.05) is 19.2 Å². The van der Waals surface area contributed by atoms with Gasteiger partial charge in [0.25, 0.3) is 0 Å². The maximum absolute atomic E-state index is 13.0. The van der Waals surface area contributed by atoms with E-state index < -0.39 is 0 Å². The first-order chi connectivity index (χ1) is 14.6. The average Bonchev–Trinajstić information content (AvgIpc) is 3.39. The number of benzene rings is 2. The lowest BCUT2D eigenvalue weighted by atomic mass is 10.1. The van der Waals surface area contributed by atoms with Gasteiger partial charge in [-0.3, -0.25) is 9.69 Å². The van der Waals surface area contributed by atoms with Crippen LogP contribution in [0.2, 0.25) is 0 Å². The van der Waals surface area contributed by atoms with Crippen LogP contribution in [-0.4, -0.2) is 55.0 Å². The van der Waals surface area contributed by atoms with Crippen LogP contribution in [0.5, 0.6) is 11.5 Å². The van der Waals surface area contributed by atoms with Crippen molar-refractivity contribution >= 4 is 27.5 Å². The first-order valence-electron chi connectivity index (χ1n) is 10.1. The van der Waals surface area contributed by atoms with Gasteiger partial charge < -0.3 is 14.4 Å². The summed E-state index contributed by atoms with van der Waals surface area (Å²) in [5, 5.41) is 1.11. The Balaban J connectivity index is 1.45. The van der Waals surface area contributed by atoms with Crippen molar-refractivity contribution in [3.05, 3.63) is 53.0 Å². The second-order valence-corrected chi connectivity index (χ2v) is 8.61. The largest absolute Gasteiger partial charge is 0.493 e. The number of carbonyl (C=O) groups is 1. The van der Waals surface area contributed by atoms with Crippen molar-refractivity contribution in [3.63, 3.8) is 0 Å². The van der Waals surface area contributed by atoms with E-state index in [4.69, 9.17) is 14.5 Å². The Bertz CT molecular complexity index is 1000. The molecule has 1 aliphatic heterocycles. The molecule has 30 heavy (non-hydrogen) atoms. The monoisotopic (exact) mass is 425 g/mol. The number of carbonyl (C=O) groups excluding carboxylic acids is 1. The van der Waals surface area contributed by atoms with E-state index in [0.29, 0.717) is 24.6 Å². The third-order valence-electron chi connectivity index (χ3n) is 5.62. The molecule has 6 nitrogen and oxygen atoms in total. The summed E-state index contributed by atoms with van der Waals surface area (Å²) in [5.41, 5.74) is 1.97. The minimum absolute atomic E-state index is 0.0906. The van der Waals surface area contributed by atoms with Gasteiger partial charge in [0.1, 0.15) is 5.01 Å². The number of hydrogen-bond donors (Lipinski definition) is 0. The SMILES string of the molecule is COc1cccc(CN(C)C(=O)CN2CCC[C@H]2c2nc3ccccc3s2)c1OC. The normalized spacial score (nSPS) is 16.7. The zero-order valence-electron chi connectivity index (χ0n) is 17.6. The topological polar surface area (TPSA) is 54.9 Å². The number of thiazole rings is 1. The lowest BCUT2D eigenvalue weighted by Gasteiger charge is -2.26. The minimum atomic E-state index is 0.0906. The molecule has 0 aliphatic carbocycles. The van der Waals surface area contributed by atoms with E-state index in [-0.39, 0.29) is 11.9 Å². The molecular weight excluding hydrogens is 398 g/mol. The van der Waals surface area contributed by atoms with Gasteiger partial charge in [-0.25, -0.2) is 4.98 Å². The lowest BCUT2D eigenvalue weighted by Crippen LogP contribution is -2.37. The molecule has 158 valence electrons. The second-order valence-electron chi connectivity index (χ2n) is 7.55. The Hall–Kier alpha value is -2.64. The second kappa shape index (κ2) is 9.02. The smallest absolute Gasteiger partial charge is 0.236 e. The number of rotatable bonds is 7. The molecule has 1 aromatic heterocycles. The molecular formula is C23H27N3O3S. The summed E-state index contributed by atoms with van der Waals surface area (Å²) >= 11 is 1.74. The standard InChI is InChI=1S/C23H27N3O3S/c1-25(14-16-8-6-11-19(28-2)22(16)29-3)21(27)15-26-13-7-10-18(26)23-24-17-9-4-5-12-20(17)30-23/h4-6,8-9,11-12,18H,7,10,13-15H2,1-3H3/t18-/m0/s1. The van der Waals surface area contributed by atoms with E-state index in [0.717, 1.165) is 35.5 Å². The molecule has 1 atom stereocenters. The number of fused-ring (bicyclic) bond motifs is 1. The van der Waals surface area contributed by atoms with Crippen LogP contribution < -0.4 is 9.47 Å². The van der Waals surface area contributed by atoms with Gasteiger partial charge in [-0.05, 0) is 37.6 Å². The lowest BCUT2D eigenvalue weighted by molar-refractivity contribution is -0.131. The molecule has 1 aliphatic rings. The molecule has 7 heteroatoms. The summed E-state index contributed by atoms with van der Waals surface area (Å²) in [7, 11) is 5.08. The Morgan fingerprint density at radius 3 is 2.80 bits per heavy atom. The maximum Gasteiger partial charge on any atom is 0.236 e. The summed E-state index contributed by atoms with van der Waals surface area (Å²) in [5.74, 6) is 1.44. The number of likely N-dealkylation sites (N-methyl/N-ethyl adjacent to an activating group) is 1. The van der Waals surface area contributed by atoms with Crippen LogP contribution in [0, 0.1) is 0 Å². The number of hydrogen-bond acceptors (Lipinski definition) is 6. The molecule has 3 aromatic rings. The number of para-hydroxylation sites is 2. The number of likely N-dealkylation sites (tertiary alicyclic amines) is 1. The summed E-state index contributed by atoms with van der Waals surface area (Å²) in [6, 6.07) is 14.2. The van der Waals surface area contributed by atoms with Gasteiger partial charge in [-0.15, -0.1) is 11.3 Å². The van der Waals surface area contributed by atoms with Crippen LogP contribution >= 0.6 is 11.3 Å². The molecule has 0 unspecified atom stereocenters. The number of methoxy groups -OCH3 is 2. The molecule has 0 spiro atoms. The van der Waals surface area contributed by atoms with E-state index in [2.05, 4.69) is 17.0 Å². The molecule has 4 rings (SSSR count). The fourth-order valence-electron chi connectivity index (χ4n) is 4.04. The van der Waals surface area contributed by atoms with Gasteiger partial charge in [-0.2, -0.15) is 0 Å². The molecule has 0 saturated carbocycles. The summed E-state index contributed by atoms with van der Waals surface area (Å²) in [6.07, 6.45) is 2.13. The van der Waals surface area contributed by atoms with E-state index in [9.17, 15) is 4.79 Å². The van der Waals surface area contributed by atoms with Gasteiger partial charge in [0.15, 0.2) is 11.5 Å². The van der Waals surface area contributed by atoms with Crippen LogP contribution in [0.25, 0.3) is 10.2 Å². The van der Waals surface area contributed by atoms with Crippen LogP contribution in [0.3, 0.4) is 0 Å². The number of ether oxygens (including phenoxy) is 2. The van der Waals surface area contributed by atoms with Gasteiger partial charge >= 0.3 is 0 Å². The highest BCUT2D eigenvalue weighted by Gasteiger charge is 2.31. The van der Waals surface area contributed by atoms with Crippen LogP contribution in [0.1, 0.15) is 29.5 Å². The molecule has 2 heterocycles. The quantitative estimate of drug-likeness (QED) is 0.570. The van der Waals surface area contributed by atoms with Crippen molar-refractivity contribution in [3.8, 4) is 11.5 Å². The number of amides is 1. The fourth-order valence-corrected chi connectivity index (χ4v) is 5.18. The fraction of sp³-hybridized carbons (Fsp3) is 0.391. The van der Waals surface area contributed by atoms with Gasteiger partial charge in [0.2, 0.25) is 5.91 Å². The highest BCUT2D eigenvalue weighted by molar-refractivity contribution is 7.18. The first kappa shape index (κ1) is 20.6. The molecule has 1 fully saturated rings. The van der Waals surface area contributed by atoms with Gasteiger partial charge in [0.05, 0.1) is 37.0 Å². The Morgan fingerprint density at radius 1 is 1.20 bits per heavy atom. The number of nitrogens with zero attached hydrogens (tertiary/aromatic N) is 3. The zero-order valence-corrected chi connectivity index (χ0v) is 18.4. The van der Waals surface area contributed by atoms with E-state index in [1.165, 1.54) is 4.70 Å². The van der Waals surface area contributed by atoms with Crippen molar-refractivity contribution in [1.29, 1.82) is 0 Å². The van der Waals surface area contributed by atoms with Crippen molar-refractivity contribution in [2.45, 2.75) is 25.4 Å². The summed E-state index contributed by atoms with van der Waals surface area (Å²) < 4.78 is 12.1. The third-order valence-corrected chi connectivity index (χ3v) is 6.75. The van der Waals surface area contributed by atoms with Crippen LogP contribution in [-0.2, 0) is 11.3 Å². The van der Waals surface area contributed by atoms with E-state index in [1.807, 2.05) is 37.4 Å². The van der Waals surface area contributed by atoms with Crippen LogP contribution in [0.4, 0.5) is 0 Å². The Labute approximate surface area is 181 Å². The first-order valence-corrected chi connectivity index (χ1v) is 11.0. The zero-order chi connectivity index (χ0) is 21.1. The Kier molecular flexibility index (Phi) is 6.20. The Morgan fingerprint density at radius 2 is 2.03 bits per heavy atom. The third kappa shape index (κ3) is 4.13.